The zero-order valence-corrected chi connectivity index (χ0v) is 10.6. The van der Waals surface area contributed by atoms with Crippen LogP contribution in [0.4, 0.5) is 0 Å². The van der Waals surface area contributed by atoms with E-state index in [9.17, 15) is 4.79 Å². The standard InChI is InChI=1S/C12H24O2.H3N/c1-4-5-6-7-8-9-10-12(13)14-11(2)3;/h11H,4-10H2,1-3H3;1H3. The van der Waals surface area contributed by atoms with E-state index in [0.717, 1.165) is 12.8 Å². The predicted octanol–water partition coefficient (Wildman–Crippen LogP) is 3.85. The Morgan fingerprint density at radius 3 is 2.13 bits per heavy atom. The topological polar surface area (TPSA) is 61.3 Å². The second kappa shape index (κ2) is 11.5. The van der Waals surface area contributed by atoms with Gasteiger partial charge >= 0.3 is 5.97 Å². The lowest BCUT2D eigenvalue weighted by atomic mass is 10.1. The van der Waals surface area contributed by atoms with Crippen molar-refractivity contribution < 1.29 is 9.53 Å². The summed E-state index contributed by atoms with van der Waals surface area (Å²) in [5.41, 5.74) is 0. The fourth-order valence-corrected chi connectivity index (χ4v) is 1.37. The van der Waals surface area contributed by atoms with Crippen molar-refractivity contribution in [2.24, 2.45) is 0 Å². The average molecular weight is 217 g/mol. The summed E-state index contributed by atoms with van der Waals surface area (Å²) in [5.74, 6) is -0.0458. The van der Waals surface area contributed by atoms with Crippen molar-refractivity contribution in [1.82, 2.24) is 6.15 Å². The van der Waals surface area contributed by atoms with Gasteiger partial charge in [0, 0.05) is 6.42 Å². The molecular weight excluding hydrogens is 190 g/mol. The first-order chi connectivity index (χ1) is 6.66. The summed E-state index contributed by atoms with van der Waals surface area (Å²) in [6, 6.07) is 0. The maximum atomic E-state index is 11.1. The summed E-state index contributed by atoms with van der Waals surface area (Å²) in [6.07, 6.45) is 7.90. The molecule has 0 saturated carbocycles. The van der Waals surface area contributed by atoms with Gasteiger partial charge in [0.25, 0.3) is 0 Å². The fourth-order valence-electron chi connectivity index (χ4n) is 1.37. The molecule has 3 heteroatoms. The molecule has 0 heterocycles. The van der Waals surface area contributed by atoms with Crippen LogP contribution in [0.5, 0.6) is 0 Å². The SMILES string of the molecule is CCCCCCCCC(=O)OC(C)C.N. The Kier molecular flexibility index (Phi) is 12.9. The summed E-state index contributed by atoms with van der Waals surface area (Å²) in [4.78, 5) is 11.1. The van der Waals surface area contributed by atoms with Crippen molar-refractivity contribution in [3.8, 4) is 0 Å². The maximum Gasteiger partial charge on any atom is 0.306 e. The predicted molar refractivity (Wildman–Crippen MR) is 64.2 cm³/mol. The Morgan fingerprint density at radius 1 is 1.07 bits per heavy atom. The second-order valence-electron chi connectivity index (χ2n) is 4.06. The van der Waals surface area contributed by atoms with E-state index in [-0.39, 0.29) is 18.2 Å². The first kappa shape index (κ1) is 16.8. The zero-order valence-electron chi connectivity index (χ0n) is 10.6. The van der Waals surface area contributed by atoms with Gasteiger partial charge in [0.1, 0.15) is 0 Å². The molecule has 0 fully saturated rings. The third kappa shape index (κ3) is 13.4. The Hall–Kier alpha value is -0.570. The van der Waals surface area contributed by atoms with Crippen molar-refractivity contribution in [3.63, 3.8) is 0 Å². The maximum absolute atomic E-state index is 11.1. The molecule has 3 nitrogen and oxygen atoms in total. The van der Waals surface area contributed by atoms with Crippen LogP contribution in [0.3, 0.4) is 0 Å². The number of hydrogen-bond donors (Lipinski definition) is 1. The number of rotatable bonds is 8. The zero-order chi connectivity index (χ0) is 10.8. The van der Waals surface area contributed by atoms with Crippen LogP contribution in [-0.2, 0) is 9.53 Å². The molecule has 15 heavy (non-hydrogen) atoms. The van der Waals surface area contributed by atoms with Gasteiger partial charge in [-0.25, -0.2) is 0 Å². The van der Waals surface area contributed by atoms with Gasteiger partial charge in [-0.05, 0) is 20.3 Å². The number of carbonyl (C=O) groups is 1. The van der Waals surface area contributed by atoms with Crippen LogP contribution in [-0.4, -0.2) is 12.1 Å². The molecule has 0 aromatic heterocycles. The molecule has 0 aromatic rings. The van der Waals surface area contributed by atoms with E-state index in [1.165, 1.54) is 25.7 Å². The van der Waals surface area contributed by atoms with Crippen LogP contribution in [0.25, 0.3) is 0 Å². The highest BCUT2D eigenvalue weighted by molar-refractivity contribution is 5.69. The first-order valence-corrected chi connectivity index (χ1v) is 5.86. The van der Waals surface area contributed by atoms with Crippen molar-refractivity contribution >= 4 is 5.97 Å². The summed E-state index contributed by atoms with van der Waals surface area (Å²) in [5, 5.41) is 0. The summed E-state index contributed by atoms with van der Waals surface area (Å²) in [7, 11) is 0. The molecule has 0 saturated heterocycles. The van der Waals surface area contributed by atoms with E-state index >= 15 is 0 Å². The van der Waals surface area contributed by atoms with E-state index in [1.807, 2.05) is 13.8 Å². The fraction of sp³-hybridized carbons (Fsp3) is 0.917. The largest absolute Gasteiger partial charge is 0.463 e. The highest BCUT2D eigenvalue weighted by Gasteiger charge is 2.04. The van der Waals surface area contributed by atoms with Gasteiger partial charge < -0.3 is 10.9 Å². The Bertz CT molecular complexity index is 147. The van der Waals surface area contributed by atoms with E-state index in [0.29, 0.717) is 6.42 Å². The van der Waals surface area contributed by atoms with Crippen LogP contribution in [0.2, 0.25) is 0 Å². The summed E-state index contributed by atoms with van der Waals surface area (Å²) < 4.78 is 5.04. The van der Waals surface area contributed by atoms with Crippen LogP contribution in [0.1, 0.15) is 65.7 Å². The molecule has 0 unspecified atom stereocenters. The number of esters is 1. The number of carbonyl (C=O) groups excluding carboxylic acids is 1. The van der Waals surface area contributed by atoms with E-state index in [1.54, 1.807) is 0 Å². The van der Waals surface area contributed by atoms with Crippen LogP contribution in [0, 0.1) is 0 Å². The molecule has 0 rings (SSSR count). The van der Waals surface area contributed by atoms with Crippen molar-refractivity contribution in [3.05, 3.63) is 0 Å². The molecule has 0 radical (unpaired) electrons. The minimum atomic E-state index is -0.0458. The van der Waals surface area contributed by atoms with Gasteiger partial charge in [-0.2, -0.15) is 0 Å². The van der Waals surface area contributed by atoms with Gasteiger partial charge in [-0.1, -0.05) is 39.0 Å². The first-order valence-electron chi connectivity index (χ1n) is 5.86. The van der Waals surface area contributed by atoms with Crippen molar-refractivity contribution in [1.29, 1.82) is 0 Å². The minimum Gasteiger partial charge on any atom is -0.463 e. The quantitative estimate of drug-likeness (QED) is 0.496. The second-order valence-corrected chi connectivity index (χ2v) is 4.06. The minimum absolute atomic E-state index is 0. The normalized spacial score (nSPS) is 9.87. The summed E-state index contributed by atoms with van der Waals surface area (Å²) in [6.45, 7) is 5.98. The third-order valence-electron chi connectivity index (χ3n) is 2.10. The van der Waals surface area contributed by atoms with Gasteiger partial charge in [-0.15, -0.1) is 0 Å². The highest BCUT2D eigenvalue weighted by Crippen LogP contribution is 2.07. The summed E-state index contributed by atoms with van der Waals surface area (Å²) >= 11 is 0. The van der Waals surface area contributed by atoms with Crippen molar-refractivity contribution in [2.45, 2.75) is 71.8 Å². The molecule has 0 spiro atoms. The number of unbranched alkanes of at least 4 members (excludes halogenated alkanes) is 5. The number of hydrogen-bond acceptors (Lipinski definition) is 3. The van der Waals surface area contributed by atoms with E-state index in [4.69, 9.17) is 4.74 Å². The van der Waals surface area contributed by atoms with Crippen LogP contribution in [0.15, 0.2) is 0 Å². The molecule has 92 valence electrons. The Balaban J connectivity index is 0. The smallest absolute Gasteiger partial charge is 0.306 e. The Morgan fingerprint density at radius 2 is 1.60 bits per heavy atom. The third-order valence-corrected chi connectivity index (χ3v) is 2.10. The highest BCUT2D eigenvalue weighted by atomic mass is 16.5. The molecule has 0 aliphatic rings. The Labute approximate surface area is 94.2 Å². The lowest BCUT2D eigenvalue weighted by Gasteiger charge is -2.07. The molecule has 0 atom stereocenters. The van der Waals surface area contributed by atoms with Gasteiger partial charge in [0.15, 0.2) is 0 Å². The van der Waals surface area contributed by atoms with Gasteiger partial charge in [0.05, 0.1) is 6.10 Å². The average Bonchev–Trinajstić information content (AvgIpc) is 2.10. The van der Waals surface area contributed by atoms with Crippen molar-refractivity contribution in [2.75, 3.05) is 0 Å². The number of ether oxygens (including phenoxy) is 1. The van der Waals surface area contributed by atoms with E-state index < -0.39 is 0 Å². The van der Waals surface area contributed by atoms with E-state index in [2.05, 4.69) is 6.92 Å². The molecule has 0 aliphatic carbocycles. The van der Waals surface area contributed by atoms with Crippen LogP contribution < -0.4 is 6.15 Å². The van der Waals surface area contributed by atoms with Gasteiger partial charge in [-0.3, -0.25) is 4.79 Å². The molecule has 0 bridgehead atoms. The lowest BCUT2D eigenvalue weighted by Crippen LogP contribution is -2.10. The molecule has 0 amide bonds. The monoisotopic (exact) mass is 217 g/mol. The molecular formula is C12H27NO2. The molecule has 0 aliphatic heterocycles. The van der Waals surface area contributed by atoms with Gasteiger partial charge in [0.2, 0.25) is 0 Å². The van der Waals surface area contributed by atoms with Crippen LogP contribution >= 0.6 is 0 Å². The lowest BCUT2D eigenvalue weighted by molar-refractivity contribution is -0.147. The molecule has 0 aromatic carbocycles. The molecule has 3 N–H and O–H groups in total.